The standard InChI is InChI=1S/C11H15NO2/c1-8(12)5-11(14)7-9-3-2-4-10(13)6-9/h2-4,6,8,13H,5,7,12H2,1H3. The Kier molecular flexibility index (Phi) is 3.65. The Morgan fingerprint density at radius 1 is 1.57 bits per heavy atom. The highest BCUT2D eigenvalue weighted by Gasteiger charge is 2.06. The van der Waals surface area contributed by atoms with Crippen molar-refractivity contribution in [2.45, 2.75) is 25.8 Å². The van der Waals surface area contributed by atoms with E-state index in [9.17, 15) is 9.90 Å². The Morgan fingerprint density at radius 3 is 2.86 bits per heavy atom. The molecule has 3 heteroatoms. The van der Waals surface area contributed by atoms with E-state index in [0.29, 0.717) is 12.8 Å². The first-order chi connectivity index (χ1) is 6.58. The van der Waals surface area contributed by atoms with Crippen LogP contribution in [0.2, 0.25) is 0 Å². The third kappa shape index (κ3) is 3.58. The molecule has 0 aliphatic heterocycles. The van der Waals surface area contributed by atoms with E-state index in [-0.39, 0.29) is 17.6 Å². The summed E-state index contributed by atoms with van der Waals surface area (Å²) in [5, 5.41) is 9.17. The van der Waals surface area contributed by atoms with Gasteiger partial charge in [0.05, 0.1) is 0 Å². The van der Waals surface area contributed by atoms with Gasteiger partial charge in [-0.3, -0.25) is 4.79 Å². The molecule has 0 saturated carbocycles. The molecule has 0 radical (unpaired) electrons. The molecule has 14 heavy (non-hydrogen) atoms. The topological polar surface area (TPSA) is 63.3 Å². The molecule has 1 rings (SSSR count). The number of rotatable bonds is 4. The van der Waals surface area contributed by atoms with E-state index in [4.69, 9.17) is 5.73 Å². The van der Waals surface area contributed by atoms with E-state index in [1.165, 1.54) is 0 Å². The van der Waals surface area contributed by atoms with Crippen LogP contribution in [0.15, 0.2) is 24.3 Å². The molecular weight excluding hydrogens is 178 g/mol. The number of ketones is 1. The van der Waals surface area contributed by atoms with E-state index >= 15 is 0 Å². The van der Waals surface area contributed by atoms with Crippen LogP contribution in [0.25, 0.3) is 0 Å². The van der Waals surface area contributed by atoms with Crippen LogP contribution in [0, 0.1) is 0 Å². The fraction of sp³-hybridized carbons (Fsp3) is 0.364. The third-order valence-electron chi connectivity index (χ3n) is 1.86. The second kappa shape index (κ2) is 4.77. The summed E-state index contributed by atoms with van der Waals surface area (Å²) >= 11 is 0. The summed E-state index contributed by atoms with van der Waals surface area (Å²) in [6.45, 7) is 1.81. The largest absolute Gasteiger partial charge is 0.508 e. The van der Waals surface area contributed by atoms with E-state index in [2.05, 4.69) is 0 Å². The van der Waals surface area contributed by atoms with Gasteiger partial charge in [-0.2, -0.15) is 0 Å². The monoisotopic (exact) mass is 193 g/mol. The molecule has 0 aliphatic carbocycles. The van der Waals surface area contributed by atoms with Gasteiger partial charge in [0.2, 0.25) is 0 Å². The van der Waals surface area contributed by atoms with Crippen molar-refractivity contribution in [3.05, 3.63) is 29.8 Å². The summed E-state index contributed by atoms with van der Waals surface area (Å²) in [5.74, 6) is 0.293. The van der Waals surface area contributed by atoms with E-state index in [1.54, 1.807) is 25.1 Å². The number of benzene rings is 1. The van der Waals surface area contributed by atoms with Crippen LogP contribution in [-0.2, 0) is 11.2 Å². The molecule has 1 atom stereocenters. The minimum absolute atomic E-state index is 0.0974. The van der Waals surface area contributed by atoms with Gasteiger partial charge in [0.15, 0.2) is 0 Å². The van der Waals surface area contributed by atoms with Crippen molar-refractivity contribution in [3.8, 4) is 5.75 Å². The van der Waals surface area contributed by atoms with Crippen molar-refractivity contribution in [3.63, 3.8) is 0 Å². The van der Waals surface area contributed by atoms with E-state index in [1.807, 2.05) is 6.07 Å². The average Bonchev–Trinajstić information content (AvgIpc) is 2.01. The lowest BCUT2D eigenvalue weighted by Crippen LogP contribution is -2.20. The fourth-order valence-corrected chi connectivity index (χ4v) is 1.33. The Morgan fingerprint density at radius 2 is 2.29 bits per heavy atom. The molecule has 3 N–H and O–H groups in total. The molecule has 0 aromatic heterocycles. The molecule has 0 bridgehead atoms. The highest BCUT2D eigenvalue weighted by molar-refractivity contribution is 5.81. The van der Waals surface area contributed by atoms with Gasteiger partial charge < -0.3 is 10.8 Å². The second-order valence-corrected chi connectivity index (χ2v) is 3.57. The van der Waals surface area contributed by atoms with Gasteiger partial charge in [-0.15, -0.1) is 0 Å². The van der Waals surface area contributed by atoms with Gasteiger partial charge >= 0.3 is 0 Å². The molecule has 0 fully saturated rings. The van der Waals surface area contributed by atoms with Gasteiger partial charge in [-0.1, -0.05) is 12.1 Å². The van der Waals surface area contributed by atoms with E-state index in [0.717, 1.165) is 5.56 Å². The van der Waals surface area contributed by atoms with Crippen LogP contribution >= 0.6 is 0 Å². The van der Waals surface area contributed by atoms with Crippen molar-refractivity contribution < 1.29 is 9.90 Å². The highest BCUT2D eigenvalue weighted by Crippen LogP contribution is 2.12. The number of nitrogens with two attached hydrogens (primary N) is 1. The lowest BCUT2D eigenvalue weighted by molar-refractivity contribution is -0.118. The van der Waals surface area contributed by atoms with Gasteiger partial charge in [-0.25, -0.2) is 0 Å². The van der Waals surface area contributed by atoms with Gasteiger partial charge in [0.1, 0.15) is 11.5 Å². The van der Waals surface area contributed by atoms with Crippen LogP contribution in [0.3, 0.4) is 0 Å². The smallest absolute Gasteiger partial charge is 0.138 e. The number of carbonyl (C=O) groups excluding carboxylic acids is 1. The molecular formula is C11H15NO2. The zero-order valence-electron chi connectivity index (χ0n) is 8.23. The maximum Gasteiger partial charge on any atom is 0.138 e. The molecule has 1 aromatic carbocycles. The van der Waals surface area contributed by atoms with Crippen molar-refractivity contribution in [1.82, 2.24) is 0 Å². The minimum Gasteiger partial charge on any atom is -0.508 e. The normalized spacial score (nSPS) is 12.4. The number of carbonyl (C=O) groups is 1. The quantitative estimate of drug-likeness (QED) is 0.756. The van der Waals surface area contributed by atoms with Gasteiger partial charge in [0, 0.05) is 18.9 Å². The van der Waals surface area contributed by atoms with Crippen LogP contribution in [0.4, 0.5) is 0 Å². The summed E-state index contributed by atoms with van der Waals surface area (Å²) in [6.07, 6.45) is 0.728. The second-order valence-electron chi connectivity index (χ2n) is 3.57. The Hall–Kier alpha value is -1.35. The molecule has 0 aliphatic rings. The van der Waals surface area contributed by atoms with Crippen LogP contribution in [0.5, 0.6) is 5.75 Å². The van der Waals surface area contributed by atoms with Crippen molar-refractivity contribution in [2.24, 2.45) is 5.73 Å². The van der Waals surface area contributed by atoms with Crippen molar-refractivity contribution in [2.75, 3.05) is 0 Å². The number of phenolic OH excluding ortho intramolecular Hbond substituents is 1. The van der Waals surface area contributed by atoms with Gasteiger partial charge in [-0.05, 0) is 24.6 Å². The Labute approximate surface area is 83.6 Å². The van der Waals surface area contributed by atoms with Crippen molar-refractivity contribution >= 4 is 5.78 Å². The highest BCUT2D eigenvalue weighted by atomic mass is 16.3. The zero-order chi connectivity index (χ0) is 10.6. The predicted molar refractivity (Wildman–Crippen MR) is 55.1 cm³/mol. The maximum atomic E-state index is 11.4. The average molecular weight is 193 g/mol. The minimum atomic E-state index is -0.0974. The number of aromatic hydroxyl groups is 1. The first-order valence-electron chi connectivity index (χ1n) is 4.63. The predicted octanol–water partition coefficient (Wildman–Crippen LogP) is 1.24. The third-order valence-corrected chi connectivity index (χ3v) is 1.86. The Balaban J connectivity index is 2.56. The molecule has 0 spiro atoms. The molecule has 0 saturated heterocycles. The SMILES string of the molecule is CC(N)CC(=O)Cc1cccc(O)c1. The first kappa shape index (κ1) is 10.7. The number of hydrogen-bond acceptors (Lipinski definition) is 3. The Bertz CT molecular complexity index is 321. The summed E-state index contributed by atoms with van der Waals surface area (Å²) in [5.41, 5.74) is 6.34. The summed E-state index contributed by atoms with van der Waals surface area (Å²) in [7, 11) is 0. The maximum absolute atomic E-state index is 11.4. The number of phenols is 1. The number of hydrogen-bond donors (Lipinski definition) is 2. The van der Waals surface area contributed by atoms with Crippen molar-refractivity contribution in [1.29, 1.82) is 0 Å². The molecule has 76 valence electrons. The van der Waals surface area contributed by atoms with Crippen LogP contribution in [0.1, 0.15) is 18.9 Å². The molecule has 1 unspecified atom stereocenters. The number of Topliss-reactive ketones (excluding diaryl/α,β-unsaturated/α-hetero) is 1. The fourth-order valence-electron chi connectivity index (χ4n) is 1.33. The molecule has 3 nitrogen and oxygen atoms in total. The van der Waals surface area contributed by atoms with E-state index < -0.39 is 0 Å². The first-order valence-corrected chi connectivity index (χ1v) is 4.63. The van der Waals surface area contributed by atoms with Crippen LogP contribution in [-0.4, -0.2) is 16.9 Å². The molecule has 1 aromatic rings. The zero-order valence-corrected chi connectivity index (χ0v) is 8.23. The molecule has 0 heterocycles. The van der Waals surface area contributed by atoms with Gasteiger partial charge in [0.25, 0.3) is 0 Å². The summed E-state index contributed by atoms with van der Waals surface area (Å²) in [6, 6.07) is 6.63. The lowest BCUT2D eigenvalue weighted by atomic mass is 10.0. The summed E-state index contributed by atoms with van der Waals surface area (Å²) < 4.78 is 0. The summed E-state index contributed by atoms with van der Waals surface area (Å²) in [4.78, 5) is 11.4. The van der Waals surface area contributed by atoms with Crippen LogP contribution < -0.4 is 5.73 Å². The lowest BCUT2D eigenvalue weighted by Gasteiger charge is -2.04. The molecule has 0 amide bonds.